The van der Waals surface area contributed by atoms with Gasteiger partial charge in [-0.25, -0.2) is 0 Å². The number of carbonyl (C=O) groups is 1. The Kier molecular flexibility index (Phi) is 3.64. The first-order valence-corrected chi connectivity index (χ1v) is 5.90. The summed E-state index contributed by atoms with van der Waals surface area (Å²) in [5.74, 6) is 0.501. The number of phenols is 1. The summed E-state index contributed by atoms with van der Waals surface area (Å²) in [4.78, 5) is 13.9. The van der Waals surface area contributed by atoms with Crippen LogP contribution in [0.25, 0.3) is 0 Å². The molecule has 0 spiro atoms. The molecule has 4 heteroatoms. The SMILES string of the molecule is O=C(c1ccc(O)cc1)N1CCC(CO)CC1. The predicted octanol–water partition coefficient (Wildman–Crippen LogP) is 1.24. The van der Waals surface area contributed by atoms with Crippen molar-refractivity contribution in [2.75, 3.05) is 19.7 Å². The van der Waals surface area contributed by atoms with Crippen LogP contribution in [0.1, 0.15) is 23.2 Å². The lowest BCUT2D eigenvalue weighted by Gasteiger charge is -2.31. The zero-order chi connectivity index (χ0) is 12.3. The van der Waals surface area contributed by atoms with Crippen molar-refractivity contribution in [3.8, 4) is 5.75 Å². The molecule has 1 aliphatic rings. The topological polar surface area (TPSA) is 60.8 Å². The van der Waals surface area contributed by atoms with E-state index in [1.807, 2.05) is 0 Å². The number of amides is 1. The molecule has 1 aliphatic heterocycles. The highest BCUT2D eigenvalue weighted by atomic mass is 16.3. The lowest BCUT2D eigenvalue weighted by atomic mass is 9.97. The molecule has 1 aromatic rings. The van der Waals surface area contributed by atoms with Crippen LogP contribution >= 0.6 is 0 Å². The van der Waals surface area contributed by atoms with Gasteiger partial charge in [0, 0.05) is 25.3 Å². The molecule has 1 saturated heterocycles. The first-order chi connectivity index (χ1) is 8.20. The van der Waals surface area contributed by atoms with Gasteiger partial charge in [0.15, 0.2) is 0 Å². The number of piperidine rings is 1. The van der Waals surface area contributed by atoms with Gasteiger partial charge in [-0.2, -0.15) is 0 Å². The van der Waals surface area contributed by atoms with Crippen molar-refractivity contribution in [1.29, 1.82) is 0 Å². The molecule has 0 atom stereocenters. The molecule has 0 aromatic heterocycles. The van der Waals surface area contributed by atoms with Crippen LogP contribution in [-0.2, 0) is 0 Å². The number of hydrogen-bond donors (Lipinski definition) is 2. The Morgan fingerprint density at radius 3 is 2.35 bits per heavy atom. The lowest BCUT2D eigenvalue weighted by Crippen LogP contribution is -2.39. The minimum atomic E-state index is 0.00129. The maximum absolute atomic E-state index is 12.1. The van der Waals surface area contributed by atoms with Gasteiger partial charge in [0.25, 0.3) is 5.91 Å². The Morgan fingerprint density at radius 1 is 1.24 bits per heavy atom. The summed E-state index contributed by atoms with van der Waals surface area (Å²) in [5, 5.41) is 18.2. The normalized spacial score (nSPS) is 17.1. The molecule has 17 heavy (non-hydrogen) atoms. The number of carbonyl (C=O) groups excluding carboxylic acids is 1. The Bertz CT molecular complexity index is 380. The first kappa shape index (κ1) is 11.9. The number of nitrogens with zero attached hydrogens (tertiary/aromatic N) is 1. The van der Waals surface area contributed by atoms with E-state index in [4.69, 9.17) is 10.2 Å². The highest BCUT2D eigenvalue weighted by Crippen LogP contribution is 2.19. The van der Waals surface area contributed by atoms with Crippen molar-refractivity contribution in [2.24, 2.45) is 5.92 Å². The second-order valence-corrected chi connectivity index (χ2v) is 4.47. The van der Waals surface area contributed by atoms with E-state index >= 15 is 0 Å². The Hall–Kier alpha value is -1.55. The van der Waals surface area contributed by atoms with Crippen LogP contribution in [-0.4, -0.2) is 40.7 Å². The first-order valence-electron chi connectivity index (χ1n) is 5.90. The fourth-order valence-corrected chi connectivity index (χ4v) is 2.11. The Labute approximate surface area is 100 Å². The van der Waals surface area contributed by atoms with Gasteiger partial charge in [-0.05, 0) is 43.0 Å². The van der Waals surface area contributed by atoms with Gasteiger partial charge in [-0.15, -0.1) is 0 Å². The zero-order valence-corrected chi connectivity index (χ0v) is 9.67. The lowest BCUT2D eigenvalue weighted by molar-refractivity contribution is 0.0651. The maximum Gasteiger partial charge on any atom is 0.253 e. The molecular weight excluding hydrogens is 218 g/mol. The van der Waals surface area contributed by atoms with Crippen molar-refractivity contribution in [3.63, 3.8) is 0 Å². The van der Waals surface area contributed by atoms with Crippen molar-refractivity contribution in [3.05, 3.63) is 29.8 Å². The van der Waals surface area contributed by atoms with Gasteiger partial charge in [-0.3, -0.25) is 4.79 Å². The fraction of sp³-hybridized carbons (Fsp3) is 0.462. The van der Waals surface area contributed by atoms with Gasteiger partial charge < -0.3 is 15.1 Å². The van der Waals surface area contributed by atoms with Crippen molar-refractivity contribution >= 4 is 5.91 Å². The Balaban J connectivity index is 1.99. The quantitative estimate of drug-likeness (QED) is 0.810. The van der Waals surface area contributed by atoms with Gasteiger partial charge in [0.2, 0.25) is 0 Å². The molecule has 1 aromatic carbocycles. The highest BCUT2D eigenvalue weighted by molar-refractivity contribution is 5.94. The van der Waals surface area contributed by atoms with Crippen LogP contribution < -0.4 is 0 Å². The molecule has 4 nitrogen and oxygen atoms in total. The van der Waals surface area contributed by atoms with E-state index in [0.29, 0.717) is 24.6 Å². The maximum atomic E-state index is 12.1. The monoisotopic (exact) mass is 235 g/mol. The van der Waals surface area contributed by atoms with Gasteiger partial charge in [0.1, 0.15) is 5.75 Å². The van der Waals surface area contributed by atoms with E-state index in [2.05, 4.69) is 0 Å². The number of likely N-dealkylation sites (tertiary alicyclic amines) is 1. The van der Waals surface area contributed by atoms with Crippen LogP contribution in [0.15, 0.2) is 24.3 Å². The molecule has 0 saturated carbocycles. The summed E-state index contributed by atoms with van der Waals surface area (Å²) in [5.41, 5.74) is 0.602. The third kappa shape index (κ3) is 2.77. The number of aliphatic hydroxyl groups is 1. The van der Waals surface area contributed by atoms with Crippen LogP contribution in [0.2, 0.25) is 0 Å². The minimum Gasteiger partial charge on any atom is -0.508 e. The number of rotatable bonds is 2. The van der Waals surface area contributed by atoms with Crippen molar-refractivity contribution in [2.45, 2.75) is 12.8 Å². The molecule has 1 amide bonds. The van der Waals surface area contributed by atoms with E-state index in [1.54, 1.807) is 17.0 Å². The molecule has 1 heterocycles. The highest BCUT2D eigenvalue weighted by Gasteiger charge is 2.22. The van der Waals surface area contributed by atoms with E-state index in [9.17, 15) is 4.79 Å². The smallest absolute Gasteiger partial charge is 0.253 e. The average molecular weight is 235 g/mol. The van der Waals surface area contributed by atoms with Crippen LogP contribution in [0.5, 0.6) is 5.75 Å². The van der Waals surface area contributed by atoms with Crippen LogP contribution in [0, 0.1) is 5.92 Å². The summed E-state index contributed by atoms with van der Waals surface area (Å²) in [6.45, 7) is 1.61. The standard InChI is InChI=1S/C13H17NO3/c15-9-10-5-7-14(8-6-10)13(17)11-1-3-12(16)4-2-11/h1-4,10,15-16H,5-9H2. The third-order valence-corrected chi connectivity index (χ3v) is 3.27. The van der Waals surface area contributed by atoms with Crippen molar-refractivity contribution in [1.82, 2.24) is 4.90 Å². The molecule has 0 unspecified atom stereocenters. The molecule has 92 valence electrons. The number of aromatic hydroxyl groups is 1. The van der Waals surface area contributed by atoms with E-state index in [0.717, 1.165) is 12.8 Å². The van der Waals surface area contributed by atoms with E-state index in [-0.39, 0.29) is 18.3 Å². The number of benzene rings is 1. The second-order valence-electron chi connectivity index (χ2n) is 4.47. The van der Waals surface area contributed by atoms with Crippen LogP contribution in [0.3, 0.4) is 0 Å². The molecular formula is C13H17NO3. The number of hydrogen-bond acceptors (Lipinski definition) is 3. The van der Waals surface area contributed by atoms with Gasteiger partial charge in [-0.1, -0.05) is 0 Å². The van der Waals surface area contributed by atoms with E-state index in [1.165, 1.54) is 12.1 Å². The van der Waals surface area contributed by atoms with Crippen LogP contribution in [0.4, 0.5) is 0 Å². The molecule has 2 N–H and O–H groups in total. The van der Waals surface area contributed by atoms with Gasteiger partial charge in [0.05, 0.1) is 0 Å². The summed E-state index contributed by atoms with van der Waals surface area (Å²) in [6, 6.07) is 6.31. The predicted molar refractivity (Wildman–Crippen MR) is 63.8 cm³/mol. The largest absolute Gasteiger partial charge is 0.508 e. The molecule has 0 radical (unpaired) electrons. The number of aliphatic hydroxyl groups excluding tert-OH is 1. The zero-order valence-electron chi connectivity index (χ0n) is 9.67. The van der Waals surface area contributed by atoms with Crippen molar-refractivity contribution < 1.29 is 15.0 Å². The summed E-state index contributed by atoms with van der Waals surface area (Å²) < 4.78 is 0. The number of phenolic OH excluding ortho intramolecular Hbond substituents is 1. The summed E-state index contributed by atoms with van der Waals surface area (Å²) in [6.07, 6.45) is 1.72. The Morgan fingerprint density at radius 2 is 1.82 bits per heavy atom. The molecule has 0 bridgehead atoms. The third-order valence-electron chi connectivity index (χ3n) is 3.27. The molecule has 1 fully saturated rings. The van der Waals surface area contributed by atoms with E-state index < -0.39 is 0 Å². The fourth-order valence-electron chi connectivity index (χ4n) is 2.11. The molecule has 2 rings (SSSR count). The van der Waals surface area contributed by atoms with Gasteiger partial charge >= 0.3 is 0 Å². The molecule has 0 aliphatic carbocycles. The second kappa shape index (κ2) is 5.19. The average Bonchev–Trinajstić information content (AvgIpc) is 2.39. The minimum absolute atomic E-state index is 0.00129. The summed E-state index contributed by atoms with van der Waals surface area (Å²) >= 11 is 0. The summed E-state index contributed by atoms with van der Waals surface area (Å²) in [7, 11) is 0.